The first-order valence-electron chi connectivity index (χ1n) is 5.37. The fraction of sp³-hybridized carbons (Fsp3) is 0.167. The van der Waals surface area contributed by atoms with Gasteiger partial charge in [0, 0.05) is 12.6 Å². The Hall–Kier alpha value is -2.31. The van der Waals surface area contributed by atoms with Gasteiger partial charge < -0.3 is 5.32 Å². The second-order valence-electron chi connectivity index (χ2n) is 3.76. The highest BCUT2D eigenvalue weighted by atomic mass is 19.4. The maximum atomic E-state index is 12.8. The third-order valence-electron chi connectivity index (χ3n) is 2.51. The zero-order valence-corrected chi connectivity index (χ0v) is 9.90. The molecule has 7 heteroatoms. The summed E-state index contributed by atoms with van der Waals surface area (Å²) in [5.74, 6) is -0.373. The normalized spacial score (nSPS) is 11.4. The van der Waals surface area contributed by atoms with Crippen molar-refractivity contribution in [3.63, 3.8) is 0 Å². The van der Waals surface area contributed by atoms with Crippen LogP contribution in [0, 0.1) is 0 Å². The lowest BCUT2D eigenvalue weighted by Gasteiger charge is -2.11. The van der Waals surface area contributed by atoms with Crippen LogP contribution in [0.5, 0.6) is 0 Å². The lowest BCUT2D eigenvalue weighted by molar-refractivity contribution is -0.142. The molecular weight excluding hydrogens is 259 g/mol. The fourth-order valence-corrected chi connectivity index (χ4v) is 1.65. The van der Waals surface area contributed by atoms with Gasteiger partial charge in [0.2, 0.25) is 0 Å². The quantitative estimate of drug-likeness (QED) is 0.909. The van der Waals surface area contributed by atoms with Gasteiger partial charge in [0.05, 0.1) is 11.9 Å². The van der Waals surface area contributed by atoms with Crippen LogP contribution in [0.1, 0.15) is 16.1 Å². The van der Waals surface area contributed by atoms with Gasteiger partial charge in [-0.3, -0.25) is 4.79 Å². The Morgan fingerprint density at radius 2 is 2.05 bits per heavy atom. The van der Waals surface area contributed by atoms with Gasteiger partial charge in [-0.1, -0.05) is 6.07 Å². The Labute approximate surface area is 106 Å². The minimum absolute atomic E-state index is 0.179. The molecule has 2 aromatic rings. The molecule has 0 fully saturated rings. The predicted molar refractivity (Wildman–Crippen MR) is 62.0 cm³/mol. The first-order valence-corrected chi connectivity index (χ1v) is 5.37. The zero-order chi connectivity index (χ0) is 14.0. The zero-order valence-electron chi connectivity index (χ0n) is 9.90. The summed E-state index contributed by atoms with van der Waals surface area (Å²) in [6.45, 7) is 0. The number of aromatic nitrogens is 2. The molecule has 1 heterocycles. The molecule has 0 saturated heterocycles. The van der Waals surface area contributed by atoms with E-state index in [9.17, 15) is 18.0 Å². The first-order chi connectivity index (χ1) is 8.93. The molecule has 1 aromatic carbocycles. The molecule has 0 saturated carbocycles. The standard InChI is InChI=1S/C12H10F3N3O/c1-16-11(19)8-3-2-4-9(7-8)18-10(5-6-17-18)12(13,14)15/h2-7H,1H3,(H,16,19). The van der Waals surface area contributed by atoms with Crippen molar-refractivity contribution < 1.29 is 18.0 Å². The molecule has 0 bridgehead atoms. The second kappa shape index (κ2) is 4.75. The van der Waals surface area contributed by atoms with Crippen molar-refractivity contribution in [2.24, 2.45) is 0 Å². The average molecular weight is 269 g/mol. The number of hydrogen-bond donors (Lipinski definition) is 1. The smallest absolute Gasteiger partial charge is 0.355 e. The third kappa shape index (κ3) is 2.59. The number of nitrogens with zero attached hydrogens (tertiary/aromatic N) is 2. The summed E-state index contributed by atoms with van der Waals surface area (Å²) in [5, 5.41) is 6.05. The van der Waals surface area contributed by atoms with Gasteiger partial charge in [-0.2, -0.15) is 18.3 Å². The summed E-state index contributed by atoms with van der Waals surface area (Å²) >= 11 is 0. The second-order valence-corrected chi connectivity index (χ2v) is 3.76. The van der Waals surface area contributed by atoms with E-state index in [1.165, 1.54) is 31.3 Å². The van der Waals surface area contributed by atoms with Crippen molar-refractivity contribution in [1.82, 2.24) is 15.1 Å². The van der Waals surface area contributed by atoms with Crippen LogP contribution >= 0.6 is 0 Å². The van der Waals surface area contributed by atoms with Crippen molar-refractivity contribution in [2.75, 3.05) is 7.05 Å². The van der Waals surface area contributed by atoms with Crippen LogP contribution < -0.4 is 5.32 Å². The van der Waals surface area contributed by atoms with Crippen molar-refractivity contribution in [1.29, 1.82) is 0 Å². The maximum absolute atomic E-state index is 12.8. The number of carbonyl (C=O) groups is 1. The monoisotopic (exact) mass is 269 g/mol. The summed E-state index contributed by atoms with van der Waals surface area (Å²) in [6, 6.07) is 6.70. The molecule has 0 unspecified atom stereocenters. The number of rotatable bonds is 2. The molecule has 2 rings (SSSR count). The van der Waals surface area contributed by atoms with Gasteiger partial charge in [0.25, 0.3) is 5.91 Å². The molecule has 4 nitrogen and oxygen atoms in total. The van der Waals surface area contributed by atoms with E-state index in [-0.39, 0.29) is 17.2 Å². The highest BCUT2D eigenvalue weighted by molar-refractivity contribution is 5.94. The topological polar surface area (TPSA) is 46.9 Å². The van der Waals surface area contributed by atoms with Crippen molar-refractivity contribution in [2.45, 2.75) is 6.18 Å². The van der Waals surface area contributed by atoms with E-state index in [2.05, 4.69) is 10.4 Å². The van der Waals surface area contributed by atoms with E-state index < -0.39 is 11.9 Å². The molecule has 0 aliphatic carbocycles. The largest absolute Gasteiger partial charge is 0.433 e. The molecule has 0 aliphatic heterocycles. The van der Waals surface area contributed by atoms with Gasteiger partial charge in [-0.15, -0.1) is 0 Å². The SMILES string of the molecule is CNC(=O)c1cccc(-n2nccc2C(F)(F)F)c1. The first kappa shape index (κ1) is 13.1. The van der Waals surface area contributed by atoms with Crippen LogP contribution in [0.2, 0.25) is 0 Å². The molecule has 1 amide bonds. The molecule has 0 atom stereocenters. The highest BCUT2D eigenvalue weighted by Gasteiger charge is 2.35. The number of hydrogen-bond acceptors (Lipinski definition) is 2. The predicted octanol–water partition coefficient (Wildman–Crippen LogP) is 2.25. The summed E-state index contributed by atoms with van der Waals surface area (Å²) in [5.41, 5.74) is -0.441. The van der Waals surface area contributed by atoms with E-state index in [1.807, 2.05) is 0 Å². The van der Waals surface area contributed by atoms with Crippen LogP contribution in [0.3, 0.4) is 0 Å². The molecule has 0 spiro atoms. The molecule has 0 radical (unpaired) electrons. The average Bonchev–Trinajstić information content (AvgIpc) is 2.87. The van der Waals surface area contributed by atoms with Crippen molar-refractivity contribution in [3.8, 4) is 5.69 Å². The third-order valence-corrected chi connectivity index (χ3v) is 2.51. The van der Waals surface area contributed by atoms with Crippen LogP contribution in [-0.2, 0) is 6.18 Å². The Morgan fingerprint density at radius 1 is 1.32 bits per heavy atom. The molecule has 19 heavy (non-hydrogen) atoms. The van der Waals surface area contributed by atoms with Gasteiger partial charge in [0.1, 0.15) is 5.69 Å². The Bertz CT molecular complexity index is 604. The van der Waals surface area contributed by atoms with Gasteiger partial charge in [-0.25, -0.2) is 4.68 Å². The Morgan fingerprint density at radius 3 is 2.68 bits per heavy atom. The van der Waals surface area contributed by atoms with Crippen molar-refractivity contribution in [3.05, 3.63) is 47.8 Å². The maximum Gasteiger partial charge on any atom is 0.433 e. The van der Waals surface area contributed by atoms with E-state index in [0.29, 0.717) is 0 Å². The number of amides is 1. The fourth-order valence-electron chi connectivity index (χ4n) is 1.65. The van der Waals surface area contributed by atoms with Crippen LogP contribution in [0.15, 0.2) is 36.5 Å². The minimum Gasteiger partial charge on any atom is -0.355 e. The number of carbonyl (C=O) groups excluding carboxylic acids is 1. The van der Waals surface area contributed by atoms with Gasteiger partial charge >= 0.3 is 6.18 Å². The van der Waals surface area contributed by atoms with E-state index in [1.54, 1.807) is 0 Å². The Kier molecular flexibility index (Phi) is 3.28. The summed E-state index contributed by atoms with van der Waals surface area (Å²) in [7, 11) is 1.45. The van der Waals surface area contributed by atoms with Gasteiger partial charge in [-0.05, 0) is 24.3 Å². The van der Waals surface area contributed by atoms with Crippen LogP contribution in [-0.4, -0.2) is 22.7 Å². The van der Waals surface area contributed by atoms with Crippen molar-refractivity contribution >= 4 is 5.91 Å². The lowest BCUT2D eigenvalue weighted by Crippen LogP contribution is -2.18. The van der Waals surface area contributed by atoms with Gasteiger partial charge in [0.15, 0.2) is 0 Å². The molecule has 100 valence electrons. The summed E-state index contributed by atoms with van der Waals surface area (Å²) in [4.78, 5) is 11.5. The van der Waals surface area contributed by atoms with E-state index in [0.717, 1.165) is 16.9 Å². The minimum atomic E-state index is -4.50. The van der Waals surface area contributed by atoms with E-state index in [4.69, 9.17) is 0 Å². The highest BCUT2D eigenvalue weighted by Crippen LogP contribution is 2.30. The van der Waals surface area contributed by atoms with E-state index >= 15 is 0 Å². The lowest BCUT2D eigenvalue weighted by atomic mass is 10.2. The molecule has 1 aromatic heterocycles. The summed E-state index contributed by atoms with van der Waals surface area (Å²) < 4.78 is 39.0. The van der Waals surface area contributed by atoms with Crippen LogP contribution in [0.4, 0.5) is 13.2 Å². The molecule has 0 aliphatic rings. The molecular formula is C12H10F3N3O. The molecule has 1 N–H and O–H groups in total. The summed E-state index contributed by atoms with van der Waals surface area (Å²) in [6.07, 6.45) is -3.44. The Balaban J connectivity index is 2.49. The van der Waals surface area contributed by atoms with Crippen LogP contribution in [0.25, 0.3) is 5.69 Å². The number of nitrogens with one attached hydrogen (secondary N) is 1. The number of benzene rings is 1. The number of alkyl halides is 3. The number of halogens is 3.